The van der Waals surface area contributed by atoms with E-state index in [1.54, 1.807) is 0 Å². The molecule has 0 saturated heterocycles. The molecule has 0 saturated carbocycles. The third-order valence-electron chi connectivity index (χ3n) is 3.57. The SMILES string of the molecule is Cc1nn2c(c1C)NC(c1ccccc1)CC2. The summed E-state index contributed by atoms with van der Waals surface area (Å²) in [4.78, 5) is 0. The number of fused-ring (bicyclic) bond motifs is 1. The van der Waals surface area contributed by atoms with Gasteiger partial charge in [-0.3, -0.25) is 0 Å². The molecule has 88 valence electrons. The van der Waals surface area contributed by atoms with Gasteiger partial charge in [-0.15, -0.1) is 0 Å². The Balaban J connectivity index is 1.93. The first-order valence-electron chi connectivity index (χ1n) is 6.11. The Morgan fingerprint density at radius 1 is 1.24 bits per heavy atom. The Hall–Kier alpha value is -1.77. The smallest absolute Gasteiger partial charge is 0.127 e. The largest absolute Gasteiger partial charge is 0.363 e. The third-order valence-corrected chi connectivity index (χ3v) is 3.57. The number of hydrogen-bond donors (Lipinski definition) is 1. The van der Waals surface area contributed by atoms with Gasteiger partial charge in [0.2, 0.25) is 0 Å². The lowest BCUT2D eigenvalue weighted by molar-refractivity contribution is 0.502. The van der Waals surface area contributed by atoms with Gasteiger partial charge in [-0.05, 0) is 25.8 Å². The number of nitrogens with one attached hydrogen (secondary N) is 1. The molecular formula is C14H17N3. The van der Waals surface area contributed by atoms with Crippen LogP contribution < -0.4 is 5.32 Å². The molecule has 0 fully saturated rings. The van der Waals surface area contributed by atoms with Gasteiger partial charge in [-0.1, -0.05) is 30.3 Å². The highest BCUT2D eigenvalue weighted by Crippen LogP contribution is 2.31. The van der Waals surface area contributed by atoms with Crippen molar-refractivity contribution in [3.8, 4) is 0 Å². The van der Waals surface area contributed by atoms with Crippen LogP contribution in [0.3, 0.4) is 0 Å². The standard InChI is InChI=1S/C14H17N3/c1-10-11(2)16-17-9-8-13(15-14(10)17)12-6-4-3-5-7-12/h3-7,13,15H,8-9H2,1-2H3. The molecule has 0 bridgehead atoms. The minimum absolute atomic E-state index is 0.415. The monoisotopic (exact) mass is 227 g/mol. The van der Waals surface area contributed by atoms with Crippen molar-refractivity contribution in [3.05, 3.63) is 47.2 Å². The number of rotatable bonds is 1. The topological polar surface area (TPSA) is 29.9 Å². The maximum Gasteiger partial charge on any atom is 0.127 e. The molecule has 2 heterocycles. The molecule has 0 spiro atoms. The molecule has 1 atom stereocenters. The van der Waals surface area contributed by atoms with Gasteiger partial charge in [0.1, 0.15) is 5.82 Å². The van der Waals surface area contributed by atoms with E-state index in [0.29, 0.717) is 6.04 Å². The van der Waals surface area contributed by atoms with Gasteiger partial charge in [0, 0.05) is 12.1 Å². The Kier molecular flexibility index (Phi) is 2.39. The Morgan fingerprint density at radius 2 is 2.00 bits per heavy atom. The molecule has 1 aliphatic heterocycles. The van der Waals surface area contributed by atoms with Crippen LogP contribution in [0.2, 0.25) is 0 Å². The predicted molar refractivity (Wildman–Crippen MR) is 69.1 cm³/mol. The maximum atomic E-state index is 4.53. The summed E-state index contributed by atoms with van der Waals surface area (Å²) in [5.74, 6) is 1.18. The molecule has 0 radical (unpaired) electrons. The van der Waals surface area contributed by atoms with Gasteiger partial charge >= 0.3 is 0 Å². The molecule has 1 aliphatic rings. The van der Waals surface area contributed by atoms with E-state index in [1.165, 1.54) is 16.9 Å². The van der Waals surface area contributed by atoms with E-state index in [9.17, 15) is 0 Å². The van der Waals surface area contributed by atoms with E-state index in [4.69, 9.17) is 0 Å². The molecule has 3 rings (SSSR count). The van der Waals surface area contributed by atoms with Crippen molar-refractivity contribution in [3.63, 3.8) is 0 Å². The third kappa shape index (κ3) is 1.71. The summed E-state index contributed by atoms with van der Waals surface area (Å²) in [6.07, 6.45) is 1.09. The van der Waals surface area contributed by atoms with Crippen molar-refractivity contribution < 1.29 is 0 Å². The minimum Gasteiger partial charge on any atom is -0.363 e. The van der Waals surface area contributed by atoms with E-state index >= 15 is 0 Å². The van der Waals surface area contributed by atoms with Gasteiger partial charge in [-0.2, -0.15) is 5.10 Å². The van der Waals surface area contributed by atoms with E-state index in [1.807, 2.05) is 0 Å². The molecule has 0 aliphatic carbocycles. The highest BCUT2D eigenvalue weighted by atomic mass is 15.3. The zero-order chi connectivity index (χ0) is 11.8. The van der Waals surface area contributed by atoms with Crippen LogP contribution in [0, 0.1) is 13.8 Å². The number of aryl methyl sites for hydroxylation is 2. The summed E-state index contributed by atoms with van der Waals surface area (Å²) in [6, 6.07) is 11.0. The lowest BCUT2D eigenvalue weighted by atomic mass is 10.0. The van der Waals surface area contributed by atoms with E-state index in [2.05, 4.69) is 59.3 Å². The van der Waals surface area contributed by atoms with Gasteiger partial charge in [-0.25, -0.2) is 4.68 Å². The molecule has 1 N–H and O–H groups in total. The summed E-state index contributed by atoms with van der Waals surface area (Å²) in [7, 11) is 0. The first kappa shape index (κ1) is 10.4. The molecule has 3 heteroatoms. The number of anilines is 1. The second-order valence-electron chi connectivity index (χ2n) is 4.68. The van der Waals surface area contributed by atoms with Gasteiger partial charge in [0.05, 0.1) is 11.7 Å². The van der Waals surface area contributed by atoms with Crippen LogP contribution in [-0.4, -0.2) is 9.78 Å². The molecule has 1 unspecified atom stereocenters. The van der Waals surface area contributed by atoms with Gasteiger partial charge in [0.15, 0.2) is 0 Å². The van der Waals surface area contributed by atoms with Crippen LogP contribution in [0.25, 0.3) is 0 Å². The molecule has 3 nitrogen and oxygen atoms in total. The summed E-state index contributed by atoms with van der Waals surface area (Å²) >= 11 is 0. The Bertz CT molecular complexity index is 528. The quantitative estimate of drug-likeness (QED) is 0.811. The molecular weight excluding hydrogens is 210 g/mol. The fraction of sp³-hybridized carbons (Fsp3) is 0.357. The Morgan fingerprint density at radius 3 is 2.76 bits per heavy atom. The van der Waals surface area contributed by atoms with Crippen molar-refractivity contribution >= 4 is 5.82 Å². The first-order chi connectivity index (χ1) is 8.25. The number of benzene rings is 1. The fourth-order valence-corrected chi connectivity index (χ4v) is 2.44. The summed E-state index contributed by atoms with van der Waals surface area (Å²) in [5.41, 5.74) is 3.75. The van der Waals surface area contributed by atoms with Gasteiger partial charge in [0.25, 0.3) is 0 Å². The zero-order valence-corrected chi connectivity index (χ0v) is 10.3. The average Bonchev–Trinajstić information content (AvgIpc) is 2.66. The highest BCUT2D eigenvalue weighted by Gasteiger charge is 2.22. The normalized spacial score (nSPS) is 18.6. The zero-order valence-electron chi connectivity index (χ0n) is 10.3. The first-order valence-corrected chi connectivity index (χ1v) is 6.11. The maximum absolute atomic E-state index is 4.53. The highest BCUT2D eigenvalue weighted by molar-refractivity contribution is 5.49. The van der Waals surface area contributed by atoms with E-state index in [0.717, 1.165) is 18.7 Å². The van der Waals surface area contributed by atoms with Crippen molar-refractivity contribution in [2.24, 2.45) is 0 Å². The van der Waals surface area contributed by atoms with Crippen molar-refractivity contribution in [1.29, 1.82) is 0 Å². The number of aromatic nitrogens is 2. The van der Waals surface area contributed by atoms with Crippen molar-refractivity contribution in [1.82, 2.24) is 9.78 Å². The summed E-state index contributed by atoms with van der Waals surface area (Å²) in [6.45, 7) is 5.20. The van der Waals surface area contributed by atoms with Crippen LogP contribution in [-0.2, 0) is 6.54 Å². The van der Waals surface area contributed by atoms with Crippen LogP contribution >= 0.6 is 0 Å². The summed E-state index contributed by atoms with van der Waals surface area (Å²) < 4.78 is 2.09. The van der Waals surface area contributed by atoms with Crippen molar-refractivity contribution in [2.75, 3.05) is 5.32 Å². The minimum atomic E-state index is 0.415. The van der Waals surface area contributed by atoms with Crippen LogP contribution in [0.1, 0.15) is 29.3 Å². The number of hydrogen-bond acceptors (Lipinski definition) is 2. The van der Waals surface area contributed by atoms with E-state index in [-0.39, 0.29) is 0 Å². The molecule has 1 aromatic carbocycles. The van der Waals surface area contributed by atoms with Crippen LogP contribution in [0.15, 0.2) is 30.3 Å². The summed E-state index contributed by atoms with van der Waals surface area (Å²) in [5, 5.41) is 8.14. The van der Waals surface area contributed by atoms with Crippen LogP contribution in [0.5, 0.6) is 0 Å². The second kappa shape index (κ2) is 3.91. The average molecular weight is 227 g/mol. The molecule has 0 amide bonds. The molecule has 17 heavy (non-hydrogen) atoms. The van der Waals surface area contributed by atoms with Crippen molar-refractivity contribution in [2.45, 2.75) is 32.9 Å². The Labute approximate surface area is 101 Å². The van der Waals surface area contributed by atoms with E-state index < -0.39 is 0 Å². The lowest BCUT2D eigenvalue weighted by Crippen LogP contribution is -2.22. The second-order valence-corrected chi connectivity index (χ2v) is 4.68. The predicted octanol–water partition coefficient (Wildman–Crippen LogP) is 3.06. The van der Waals surface area contributed by atoms with Gasteiger partial charge < -0.3 is 5.32 Å². The number of nitrogens with zero attached hydrogens (tertiary/aromatic N) is 2. The molecule has 2 aromatic rings. The lowest BCUT2D eigenvalue weighted by Gasteiger charge is -2.26. The molecule has 1 aromatic heterocycles. The fourth-order valence-electron chi connectivity index (χ4n) is 2.44. The van der Waals surface area contributed by atoms with Crippen LogP contribution in [0.4, 0.5) is 5.82 Å².